The van der Waals surface area contributed by atoms with Crippen LogP contribution in [0.5, 0.6) is 0 Å². The third-order valence-corrected chi connectivity index (χ3v) is 6.33. The van der Waals surface area contributed by atoms with Gasteiger partial charge in [0.25, 0.3) is 0 Å². The molecule has 2 rings (SSSR count). The average molecular weight is 391 g/mol. The first-order chi connectivity index (χ1) is 12.9. The molecule has 1 N–H and O–H groups in total. The molecule has 0 unspecified atom stereocenters. The van der Waals surface area contributed by atoms with E-state index in [4.69, 9.17) is 4.74 Å². The summed E-state index contributed by atoms with van der Waals surface area (Å²) < 4.78 is 32.3. The second kappa shape index (κ2) is 9.64. The highest BCUT2D eigenvalue weighted by atomic mass is 32.2. The summed E-state index contributed by atoms with van der Waals surface area (Å²) in [6.45, 7) is 6.35. The Labute approximate surface area is 161 Å². The molecule has 0 heterocycles. The van der Waals surface area contributed by atoms with Crippen molar-refractivity contribution in [3.63, 3.8) is 0 Å². The topological polar surface area (TPSA) is 75.7 Å². The zero-order valence-electron chi connectivity index (χ0n) is 15.9. The second-order valence-corrected chi connectivity index (χ2v) is 8.00. The zero-order valence-corrected chi connectivity index (χ0v) is 16.8. The number of nitrogens with one attached hydrogen (secondary N) is 1. The molecule has 0 saturated heterocycles. The molecular weight excluding hydrogens is 364 g/mol. The molecule has 0 spiro atoms. The maximum absolute atomic E-state index is 12.8. The number of carbonyl (C=O) groups excluding carboxylic acids is 1. The highest BCUT2D eigenvalue weighted by molar-refractivity contribution is 7.89. The van der Waals surface area contributed by atoms with Crippen LogP contribution in [-0.4, -0.2) is 38.3 Å². The molecule has 0 aromatic heterocycles. The van der Waals surface area contributed by atoms with E-state index in [1.807, 2.05) is 30.3 Å². The van der Waals surface area contributed by atoms with Crippen molar-refractivity contribution in [2.24, 2.45) is 0 Å². The van der Waals surface area contributed by atoms with Crippen LogP contribution in [0.3, 0.4) is 0 Å². The predicted octanol–water partition coefficient (Wildman–Crippen LogP) is 3.18. The lowest BCUT2D eigenvalue weighted by molar-refractivity contribution is -0.121. The molecule has 2 aromatic rings. The Kier molecular flexibility index (Phi) is 7.53. The van der Waals surface area contributed by atoms with Gasteiger partial charge in [-0.25, -0.2) is 8.42 Å². The van der Waals surface area contributed by atoms with Gasteiger partial charge < -0.3 is 10.1 Å². The number of sulfonamides is 1. The van der Waals surface area contributed by atoms with Crippen molar-refractivity contribution < 1.29 is 17.9 Å². The van der Waals surface area contributed by atoms with E-state index in [0.717, 1.165) is 5.56 Å². The van der Waals surface area contributed by atoms with Crippen LogP contribution < -0.4 is 5.32 Å². The van der Waals surface area contributed by atoms with E-state index in [1.165, 1.54) is 10.4 Å². The van der Waals surface area contributed by atoms with Crippen LogP contribution in [0.25, 0.3) is 0 Å². The molecule has 6 nitrogen and oxygen atoms in total. The molecule has 2 aromatic carbocycles. The highest BCUT2D eigenvalue weighted by Gasteiger charge is 2.24. The van der Waals surface area contributed by atoms with Crippen LogP contribution in [0.4, 0.5) is 5.69 Å². The Morgan fingerprint density at radius 3 is 2.37 bits per heavy atom. The summed E-state index contributed by atoms with van der Waals surface area (Å²) in [5.41, 5.74) is 2.05. The summed E-state index contributed by atoms with van der Waals surface area (Å²) in [5, 5.41) is 2.70. The van der Waals surface area contributed by atoms with E-state index < -0.39 is 10.0 Å². The first kappa shape index (κ1) is 21.1. The van der Waals surface area contributed by atoms with Crippen molar-refractivity contribution in [3.8, 4) is 0 Å². The minimum Gasteiger partial charge on any atom is -0.367 e. The molecule has 27 heavy (non-hydrogen) atoms. The van der Waals surface area contributed by atoms with E-state index in [1.54, 1.807) is 32.9 Å². The van der Waals surface area contributed by atoms with Crippen LogP contribution in [-0.2, 0) is 26.2 Å². The van der Waals surface area contributed by atoms with E-state index in [0.29, 0.717) is 30.9 Å². The van der Waals surface area contributed by atoms with Gasteiger partial charge in [-0.1, -0.05) is 50.2 Å². The molecule has 0 aliphatic rings. The molecule has 0 aliphatic heterocycles. The first-order valence-electron chi connectivity index (χ1n) is 8.90. The number of anilines is 1. The monoisotopic (exact) mass is 390 g/mol. The van der Waals surface area contributed by atoms with E-state index in [-0.39, 0.29) is 17.4 Å². The number of carbonyl (C=O) groups is 1. The predicted molar refractivity (Wildman–Crippen MR) is 106 cm³/mol. The van der Waals surface area contributed by atoms with Gasteiger partial charge in [-0.2, -0.15) is 4.31 Å². The van der Waals surface area contributed by atoms with Gasteiger partial charge >= 0.3 is 0 Å². The largest absolute Gasteiger partial charge is 0.367 e. The molecule has 0 atom stereocenters. The van der Waals surface area contributed by atoms with Gasteiger partial charge in [0.2, 0.25) is 15.9 Å². The Morgan fingerprint density at radius 1 is 1.07 bits per heavy atom. The third kappa shape index (κ3) is 5.63. The van der Waals surface area contributed by atoms with Gasteiger partial charge in [-0.15, -0.1) is 0 Å². The van der Waals surface area contributed by atoms with E-state index in [2.05, 4.69) is 5.32 Å². The summed E-state index contributed by atoms with van der Waals surface area (Å²) in [5.74, 6) is -0.332. The molecule has 0 bridgehead atoms. The van der Waals surface area contributed by atoms with Crippen molar-refractivity contribution in [2.45, 2.75) is 32.3 Å². The van der Waals surface area contributed by atoms with Crippen LogP contribution >= 0.6 is 0 Å². The summed E-state index contributed by atoms with van der Waals surface area (Å²) in [7, 11) is -3.59. The smallest absolute Gasteiger partial charge is 0.250 e. The third-order valence-electron chi connectivity index (χ3n) is 4.14. The number of ether oxygens (including phenoxy) is 1. The summed E-state index contributed by atoms with van der Waals surface area (Å²) in [6, 6.07) is 14.4. The van der Waals surface area contributed by atoms with Crippen molar-refractivity contribution in [2.75, 3.05) is 25.0 Å². The molecule has 0 radical (unpaired) electrons. The van der Waals surface area contributed by atoms with Crippen LogP contribution in [0.2, 0.25) is 0 Å². The SMILES string of the molecule is CCN(CC)S(=O)(=O)c1cc(NC(=O)COCc2ccccc2)ccc1C. The van der Waals surface area contributed by atoms with Crippen LogP contribution in [0.15, 0.2) is 53.4 Å². The number of benzene rings is 2. The van der Waals surface area contributed by atoms with Crippen molar-refractivity contribution in [1.82, 2.24) is 4.31 Å². The van der Waals surface area contributed by atoms with Gasteiger partial charge in [-0.05, 0) is 30.2 Å². The summed E-state index contributed by atoms with van der Waals surface area (Å²) >= 11 is 0. The Bertz CT molecular complexity index is 863. The lowest BCUT2D eigenvalue weighted by atomic mass is 10.2. The molecule has 1 amide bonds. The normalized spacial score (nSPS) is 11.6. The molecule has 146 valence electrons. The molecular formula is C20H26N2O4S. The Hall–Kier alpha value is -2.22. The fourth-order valence-electron chi connectivity index (χ4n) is 2.69. The standard InChI is InChI=1S/C20H26N2O4S/c1-4-22(5-2)27(24,25)19-13-18(12-11-16(19)3)21-20(23)15-26-14-17-9-7-6-8-10-17/h6-13H,4-5,14-15H2,1-3H3,(H,21,23). The van der Waals surface area contributed by atoms with Crippen molar-refractivity contribution >= 4 is 21.6 Å². The number of amides is 1. The molecule has 0 aliphatic carbocycles. The summed E-state index contributed by atoms with van der Waals surface area (Å²) in [6.07, 6.45) is 0. The van der Waals surface area contributed by atoms with E-state index in [9.17, 15) is 13.2 Å². The minimum absolute atomic E-state index is 0.110. The fraction of sp³-hybridized carbons (Fsp3) is 0.350. The zero-order chi connectivity index (χ0) is 19.9. The van der Waals surface area contributed by atoms with Crippen molar-refractivity contribution in [3.05, 3.63) is 59.7 Å². The fourth-order valence-corrected chi connectivity index (χ4v) is 4.40. The maximum Gasteiger partial charge on any atom is 0.250 e. The number of nitrogens with zero attached hydrogens (tertiary/aromatic N) is 1. The molecule has 0 fully saturated rings. The highest BCUT2D eigenvalue weighted by Crippen LogP contribution is 2.23. The lowest BCUT2D eigenvalue weighted by Gasteiger charge is -2.20. The van der Waals surface area contributed by atoms with E-state index >= 15 is 0 Å². The number of rotatable bonds is 9. The Morgan fingerprint density at radius 2 is 1.74 bits per heavy atom. The van der Waals surface area contributed by atoms with Crippen molar-refractivity contribution in [1.29, 1.82) is 0 Å². The lowest BCUT2D eigenvalue weighted by Crippen LogP contribution is -2.31. The number of hydrogen-bond acceptors (Lipinski definition) is 4. The minimum atomic E-state index is -3.59. The Balaban J connectivity index is 2.03. The second-order valence-electron chi connectivity index (χ2n) is 6.10. The quantitative estimate of drug-likeness (QED) is 0.713. The summed E-state index contributed by atoms with van der Waals surface area (Å²) in [4.78, 5) is 12.3. The maximum atomic E-state index is 12.8. The average Bonchev–Trinajstić information content (AvgIpc) is 2.65. The van der Waals surface area contributed by atoms with Gasteiger partial charge in [0, 0.05) is 18.8 Å². The van der Waals surface area contributed by atoms with Gasteiger partial charge in [0.15, 0.2) is 0 Å². The molecule has 0 saturated carbocycles. The van der Waals surface area contributed by atoms with Crippen LogP contribution in [0, 0.1) is 6.92 Å². The van der Waals surface area contributed by atoms with Crippen LogP contribution in [0.1, 0.15) is 25.0 Å². The van der Waals surface area contributed by atoms with Gasteiger partial charge in [-0.3, -0.25) is 4.79 Å². The van der Waals surface area contributed by atoms with Gasteiger partial charge in [0.1, 0.15) is 6.61 Å². The number of hydrogen-bond donors (Lipinski definition) is 1. The first-order valence-corrected chi connectivity index (χ1v) is 10.3. The molecule has 7 heteroatoms. The number of aryl methyl sites for hydroxylation is 1. The van der Waals surface area contributed by atoms with Gasteiger partial charge in [0.05, 0.1) is 11.5 Å².